The van der Waals surface area contributed by atoms with E-state index in [1.165, 1.54) is 12.2 Å². The molecule has 0 unspecified atom stereocenters. The molecule has 1 aromatic heterocycles. The number of fused-ring (bicyclic) bond motifs is 2. The van der Waals surface area contributed by atoms with Crippen LogP contribution in [0.5, 0.6) is 5.75 Å². The van der Waals surface area contributed by atoms with E-state index in [1.54, 1.807) is 23.1 Å². The van der Waals surface area contributed by atoms with Crippen LogP contribution in [0.1, 0.15) is 28.8 Å². The summed E-state index contributed by atoms with van der Waals surface area (Å²) in [7, 11) is 0. The minimum absolute atomic E-state index is 0.0208. The van der Waals surface area contributed by atoms with Crippen LogP contribution in [0.2, 0.25) is 0 Å². The molecule has 8 nitrogen and oxygen atoms in total. The van der Waals surface area contributed by atoms with E-state index in [0.29, 0.717) is 43.3 Å². The predicted octanol–water partition coefficient (Wildman–Crippen LogP) is 4.02. The van der Waals surface area contributed by atoms with Gasteiger partial charge in [0.25, 0.3) is 5.91 Å². The van der Waals surface area contributed by atoms with Crippen LogP contribution >= 0.6 is 0 Å². The van der Waals surface area contributed by atoms with Crippen molar-refractivity contribution >= 4 is 28.9 Å². The summed E-state index contributed by atoms with van der Waals surface area (Å²) >= 11 is 0. The normalized spacial score (nSPS) is 20.3. The Morgan fingerprint density at radius 1 is 1.03 bits per heavy atom. The number of aromatic nitrogens is 3. The Labute approximate surface area is 208 Å². The summed E-state index contributed by atoms with van der Waals surface area (Å²) in [6.07, 6.45) is -0.990. The highest BCUT2D eigenvalue weighted by molar-refractivity contribution is 5.97. The van der Waals surface area contributed by atoms with Gasteiger partial charge in [0.1, 0.15) is 17.1 Å². The molecule has 37 heavy (non-hydrogen) atoms. The van der Waals surface area contributed by atoms with E-state index in [4.69, 9.17) is 0 Å². The van der Waals surface area contributed by atoms with E-state index in [9.17, 15) is 27.2 Å². The summed E-state index contributed by atoms with van der Waals surface area (Å²) in [5.41, 5.74) is 1.93. The van der Waals surface area contributed by atoms with Crippen molar-refractivity contribution in [1.29, 1.82) is 0 Å². The molecular formula is C25H23F4N5O3. The fraction of sp³-hybridized carbons (Fsp3) is 0.360. The fourth-order valence-corrected chi connectivity index (χ4v) is 5.00. The molecule has 2 aliphatic heterocycles. The van der Waals surface area contributed by atoms with Crippen molar-refractivity contribution in [2.45, 2.75) is 19.2 Å². The van der Waals surface area contributed by atoms with Crippen molar-refractivity contribution in [3.05, 3.63) is 59.4 Å². The van der Waals surface area contributed by atoms with Gasteiger partial charge in [-0.2, -0.15) is 0 Å². The summed E-state index contributed by atoms with van der Waals surface area (Å²) < 4.78 is 54.7. The number of halogens is 4. The number of H-pyrrole nitrogens is 1. The van der Waals surface area contributed by atoms with Gasteiger partial charge in [-0.15, -0.1) is 18.3 Å². The van der Waals surface area contributed by atoms with Gasteiger partial charge in [0.05, 0.1) is 5.52 Å². The first-order valence-electron chi connectivity index (χ1n) is 11.8. The lowest BCUT2D eigenvalue weighted by Crippen LogP contribution is -2.33. The van der Waals surface area contributed by atoms with Crippen LogP contribution in [-0.4, -0.2) is 69.6 Å². The highest BCUT2D eigenvalue weighted by atomic mass is 19.4. The van der Waals surface area contributed by atoms with Crippen LogP contribution in [0.25, 0.3) is 17.1 Å². The quantitative estimate of drug-likeness (QED) is 0.417. The number of carbonyl (C=O) groups excluding carboxylic acids is 2. The zero-order chi connectivity index (χ0) is 26.2. The number of rotatable bonds is 4. The van der Waals surface area contributed by atoms with Gasteiger partial charge in [-0.3, -0.25) is 14.7 Å². The number of ether oxygens (including phenoxy) is 1. The van der Waals surface area contributed by atoms with Gasteiger partial charge in [-0.1, -0.05) is 5.21 Å². The van der Waals surface area contributed by atoms with E-state index >= 15 is 0 Å². The molecule has 2 atom stereocenters. The molecule has 2 aromatic carbocycles. The van der Waals surface area contributed by atoms with Gasteiger partial charge in [0.2, 0.25) is 5.91 Å². The van der Waals surface area contributed by atoms with Crippen molar-refractivity contribution in [2.75, 3.05) is 26.2 Å². The standard InChI is InChI=1S/C25H23F4N5O3/c26-20-12-19(37-25(27,28)29)4-1-15(20)3-6-23(35)33-9-7-17-13-34(14-18(17)8-10-33)24(36)16-2-5-21-22(11-16)31-32-30-21/h1-6,11-12,17-18H,7-10,13-14H2,(H,30,31,32)/t17-,18+. The molecule has 0 aliphatic carbocycles. The molecule has 0 saturated carbocycles. The highest BCUT2D eigenvalue weighted by Crippen LogP contribution is 2.33. The van der Waals surface area contributed by atoms with Crippen molar-refractivity contribution in [3.63, 3.8) is 0 Å². The molecule has 3 aromatic rings. The lowest BCUT2D eigenvalue weighted by atomic mass is 9.92. The summed E-state index contributed by atoms with van der Waals surface area (Å²) in [5.74, 6) is -1.42. The van der Waals surface area contributed by atoms with Crippen LogP contribution in [0.15, 0.2) is 42.5 Å². The van der Waals surface area contributed by atoms with Gasteiger partial charge in [-0.05, 0) is 61.1 Å². The summed E-state index contributed by atoms with van der Waals surface area (Å²) in [6, 6.07) is 8.00. The Kier molecular flexibility index (Phi) is 6.57. The second-order valence-corrected chi connectivity index (χ2v) is 9.24. The maximum Gasteiger partial charge on any atom is 0.573 e. The number of amides is 2. The Bertz CT molecular complexity index is 1340. The summed E-state index contributed by atoms with van der Waals surface area (Å²) in [5, 5.41) is 10.5. The third kappa shape index (κ3) is 5.57. The average Bonchev–Trinajstić information content (AvgIpc) is 3.44. The van der Waals surface area contributed by atoms with Crippen molar-refractivity contribution < 1.29 is 31.9 Å². The van der Waals surface area contributed by atoms with Crippen molar-refractivity contribution in [3.8, 4) is 5.75 Å². The maximum atomic E-state index is 14.2. The summed E-state index contributed by atoms with van der Waals surface area (Å²) in [6.45, 7) is 2.21. The van der Waals surface area contributed by atoms with E-state index in [2.05, 4.69) is 20.1 Å². The number of nitrogens with zero attached hydrogens (tertiary/aromatic N) is 4. The molecule has 2 aliphatic rings. The first-order chi connectivity index (χ1) is 17.7. The Balaban J connectivity index is 1.16. The van der Waals surface area contributed by atoms with Crippen LogP contribution < -0.4 is 4.74 Å². The number of aromatic amines is 1. The first kappa shape index (κ1) is 24.7. The Morgan fingerprint density at radius 3 is 2.43 bits per heavy atom. The van der Waals surface area contributed by atoms with Gasteiger partial charge in [0.15, 0.2) is 0 Å². The third-order valence-corrected chi connectivity index (χ3v) is 6.90. The topological polar surface area (TPSA) is 91.4 Å². The number of likely N-dealkylation sites (tertiary alicyclic amines) is 2. The first-order valence-corrected chi connectivity index (χ1v) is 11.8. The highest BCUT2D eigenvalue weighted by Gasteiger charge is 2.37. The number of carbonyl (C=O) groups is 2. The second kappa shape index (κ2) is 9.83. The number of benzene rings is 2. The van der Waals surface area contributed by atoms with Crippen LogP contribution in [0, 0.1) is 17.7 Å². The molecule has 0 spiro atoms. The molecule has 1 N–H and O–H groups in total. The molecule has 5 rings (SSSR count). The SMILES string of the molecule is O=C(C=Cc1ccc(OC(F)(F)F)cc1F)N1CC[C@@H]2CN(C(=O)c3ccc4[nH]nnc4c3)C[C@@H]2CC1. The lowest BCUT2D eigenvalue weighted by molar-refractivity contribution is -0.274. The smallest absolute Gasteiger partial charge is 0.406 e. The predicted molar refractivity (Wildman–Crippen MR) is 125 cm³/mol. The van der Waals surface area contributed by atoms with Crippen LogP contribution in [0.3, 0.4) is 0 Å². The molecule has 2 fully saturated rings. The maximum absolute atomic E-state index is 14.2. The number of alkyl halides is 3. The van der Waals surface area contributed by atoms with Crippen molar-refractivity contribution in [2.24, 2.45) is 11.8 Å². The van der Waals surface area contributed by atoms with Gasteiger partial charge < -0.3 is 14.5 Å². The van der Waals surface area contributed by atoms with Gasteiger partial charge in [0, 0.05) is 49.4 Å². The van der Waals surface area contributed by atoms with E-state index < -0.39 is 17.9 Å². The third-order valence-electron chi connectivity index (χ3n) is 6.90. The van der Waals surface area contributed by atoms with Gasteiger partial charge >= 0.3 is 6.36 Å². The average molecular weight is 517 g/mol. The molecule has 12 heteroatoms. The zero-order valence-corrected chi connectivity index (χ0v) is 19.5. The number of hydrogen-bond acceptors (Lipinski definition) is 5. The molecule has 0 radical (unpaired) electrons. The Morgan fingerprint density at radius 2 is 1.76 bits per heavy atom. The monoisotopic (exact) mass is 517 g/mol. The second-order valence-electron chi connectivity index (χ2n) is 9.24. The molecule has 194 valence electrons. The number of hydrogen-bond donors (Lipinski definition) is 1. The molecular weight excluding hydrogens is 494 g/mol. The largest absolute Gasteiger partial charge is 0.573 e. The molecule has 0 bridgehead atoms. The molecule has 2 saturated heterocycles. The van der Waals surface area contributed by atoms with Crippen LogP contribution in [0.4, 0.5) is 17.6 Å². The zero-order valence-electron chi connectivity index (χ0n) is 19.5. The van der Waals surface area contributed by atoms with E-state index in [0.717, 1.165) is 30.5 Å². The lowest BCUT2D eigenvalue weighted by Gasteiger charge is -2.21. The minimum Gasteiger partial charge on any atom is -0.406 e. The summed E-state index contributed by atoms with van der Waals surface area (Å²) in [4.78, 5) is 29.3. The fourth-order valence-electron chi connectivity index (χ4n) is 5.00. The minimum atomic E-state index is -4.92. The van der Waals surface area contributed by atoms with Crippen LogP contribution in [-0.2, 0) is 4.79 Å². The molecule has 3 heterocycles. The molecule has 2 amide bonds. The van der Waals surface area contributed by atoms with Crippen molar-refractivity contribution in [1.82, 2.24) is 25.2 Å². The number of nitrogens with one attached hydrogen (secondary N) is 1. The van der Waals surface area contributed by atoms with E-state index in [1.807, 2.05) is 4.90 Å². The van der Waals surface area contributed by atoms with Gasteiger partial charge in [-0.25, -0.2) is 4.39 Å². The Hall–Kier alpha value is -3.96. The van der Waals surface area contributed by atoms with E-state index in [-0.39, 0.29) is 29.2 Å².